The van der Waals surface area contributed by atoms with Gasteiger partial charge in [-0.1, -0.05) is 71.6 Å². The van der Waals surface area contributed by atoms with Crippen LogP contribution in [-0.2, 0) is 0 Å². The largest absolute Gasteiger partial charge is 0.103 e. The second-order valence-corrected chi connectivity index (χ2v) is 5.23. The Bertz CT molecular complexity index is 194. The van der Waals surface area contributed by atoms with Gasteiger partial charge in [0.05, 0.1) is 0 Å². The molecule has 105 valence electrons. The third-order valence-electron chi connectivity index (χ3n) is 3.32. The fourth-order valence-electron chi connectivity index (χ4n) is 2.06. The SMILES string of the molecule is C[CH]CCCCCCCCCCC#CCCCC. The van der Waals surface area contributed by atoms with E-state index < -0.39 is 0 Å². The maximum absolute atomic E-state index is 3.29. The fourth-order valence-corrected chi connectivity index (χ4v) is 2.06. The second kappa shape index (κ2) is 16.6. The minimum atomic E-state index is 1.10. The molecule has 0 aliphatic heterocycles. The zero-order valence-electron chi connectivity index (χ0n) is 12.8. The van der Waals surface area contributed by atoms with E-state index in [1.165, 1.54) is 70.6 Å². The van der Waals surface area contributed by atoms with Crippen molar-refractivity contribution in [3.63, 3.8) is 0 Å². The van der Waals surface area contributed by atoms with Crippen LogP contribution in [0.4, 0.5) is 0 Å². The van der Waals surface area contributed by atoms with Crippen LogP contribution in [0.5, 0.6) is 0 Å². The van der Waals surface area contributed by atoms with Crippen molar-refractivity contribution in [2.75, 3.05) is 0 Å². The van der Waals surface area contributed by atoms with E-state index in [9.17, 15) is 0 Å². The normalized spacial score (nSPS) is 10.1. The van der Waals surface area contributed by atoms with Crippen molar-refractivity contribution in [2.45, 2.75) is 97.3 Å². The second-order valence-electron chi connectivity index (χ2n) is 5.23. The standard InChI is InChI=1S/C18H33/c1-3-5-7-9-11-13-15-17-18-16-14-12-10-8-6-4-2/h3H,4-9,11,13-18H2,1-2H3. The van der Waals surface area contributed by atoms with Gasteiger partial charge in [-0.2, -0.15) is 0 Å². The molecule has 0 aliphatic carbocycles. The summed E-state index contributed by atoms with van der Waals surface area (Å²) in [5.74, 6) is 6.56. The molecular formula is C18H33. The number of unbranched alkanes of at least 4 members (excludes halogenated alkanes) is 12. The summed E-state index contributed by atoms with van der Waals surface area (Å²) < 4.78 is 0. The van der Waals surface area contributed by atoms with Gasteiger partial charge in [0.15, 0.2) is 0 Å². The third-order valence-corrected chi connectivity index (χ3v) is 3.32. The molecule has 0 heteroatoms. The number of hydrogen-bond donors (Lipinski definition) is 0. The van der Waals surface area contributed by atoms with Gasteiger partial charge in [0, 0.05) is 12.8 Å². The quantitative estimate of drug-likeness (QED) is 0.281. The predicted molar refractivity (Wildman–Crippen MR) is 83.4 cm³/mol. The zero-order chi connectivity index (χ0) is 13.3. The average molecular weight is 249 g/mol. The van der Waals surface area contributed by atoms with Crippen molar-refractivity contribution < 1.29 is 0 Å². The molecule has 0 unspecified atom stereocenters. The Morgan fingerprint density at radius 2 is 1.17 bits per heavy atom. The molecule has 1 radical (unpaired) electrons. The highest BCUT2D eigenvalue weighted by Crippen LogP contribution is 2.10. The van der Waals surface area contributed by atoms with Gasteiger partial charge in [-0.3, -0.25) is 0 Å². The van der Waals surface area contributed by atoms with E-state index >= 15 is 0 Å². The highest BCUT2D eigenvalue weighted by molar-refractivity contribution is 4.98. The van der Waals surface area contributed by atoms with Gasteiger partial charge in [0.1, 0.15) is 0 Å². The lowest BCUT2D eigenvalue weighted by Gasteiger charge is -2.00. The molecule has 0 spiro atoms. The van der Waals surface area contributed by atoms with E-state index in [1.54, 1.807) is 0 Å². The van der Waals surface area contributed by atoms with Crippen molar-refractivity contribution in [3.8, 4) is 11.8 Å². The minimum absolute atomic E-state index is 1.10. The van der Waals surface area contributed by atoms with Crippen molar-refractivity contribution in [2.24, 2.45) is 0 Å². The molecule has 18 heavy (non-hydrogen) atoms. The first-order valence-corrected chi connectivity index (χ1v) is 8.15. The summed E-state index contributed by atoms with van der Waals surface area (Å²) in [6.07, 6.45) is 19.6. The van der Waals surface area contributed by atoms with E-state index in [4.69, 9.17) is 0 Å². The summed E-state index contributed by atoms with van der Waals surface area (Å²) in [5, 5.41) is 0. The Labute approximate surface area is 116 Å². The molecule has 0 fully saturated rings. The van der Waals surface area contributed by atoms with Crippen LogP contribution in [0.15, 0.2) is 0 Å². The maximum atomic E-state index is 3.29. The molecule has 0 N–H and O–H groups in total. The summed E-state index contributed by atoms with van der Waals surface area (Å²) in [6, 6.07) is 0. The minimum Gasteiger partial charge on any atom is -0.103 e. The molecule has 0 aromatic rings. The lowest BCUT2D eigenvalue weighted by molar-refractivity contribution is 0.569. The van der Waals surface area contributed by atoms with E-state index in [1.807, 2.05) is 0 Å². The summed E-state index contributed by atoms with van der Waals surface area (Å²) in [7, 11) is 0. The Balaban J connectivity index is 3.00. The van der Waals surface area contributed by atoms with Crippen LogP contribution in [0.3, 0.4) is 0 Å². The van der Waals surface area contributed by atoms with Gasteiger partial charge in [-0.25, -0.2) is 0 Å². The highest BCUT2D eigenvalue weighted by atomic mass is 14.0. The van der Waals surface area contributed by atoms with Gasteiger partial charge >= 0.3 is 0 Å². The van der Waals surface area contributed by atoms with Gasteiger partial charge < -0.3 is 0 Å². The van der Waals surface area contributed by atoms with E-state index in [-0.39, 0.29) is 0 Å². The summed E-state index contributed by atoms with van der Waals surface area (Å²) in [4.78, 5) is 0. The van der Waals surface area contributed by atoms with Crippen LogP contribution in [0.1, 0.15) is 97.3 Å². The van der Waals surface area contributed by atoms with Crippen molar-refractivity contribution in [1.29, 1.82) is 0 Å². The molecule has 0 bridgehead atoms. The van der Waals surface area contributed by atoms with Crippen LogP contribution in [0.2, 0.25) is 0 Å². The van der Waals surface area contributed by atoms with Crippen LogP contribution < -0.4 is 0 Å². The monoisotopic (exact) mass is 249 g/mol. The van der Waals surface area contributed by atoms with Crippen LogP contribution >= 0.6 is 0 Å². The van der Waals surface area contributed by atoms with Crippen molar-refractivity contribution in [3.05, 3.63) is 6.42 Å². The Morgan fingerprint density at radius 1 is 0.667 bits per heavy atom. The average Bonchev–Trinajstić information content (AvgIpc) is 2.39. The molecule has 0 nitrogen and oxygen atoms in total. The van der Waals surface area contributed by atoms with E-state index in [0.29, 0.717) is 0 Å². The van der Waals surface area contributed by atoms with Gasteiger partial charge in [0.25, 0.3) is 0 Å². The fraction of sp³-hybridized carbons (Fsp3) is 0.833. The molecule has 0 amide bonds. The highest BCUT2D eigenvalue weighted by Gasteiger charge is 1.91. The van der Waals surface area contributed by atoms with Gasteiger partial charge in [-0.15, -0.1) is 11.8 Å². The summed E-state index contributed by atoms with van der Waals surface area (Å²) >= 11 is 0. The lowest BCUT2D eigenvalue weighted by atomic mass is 10.1. The Hall–Kier alpha value is -0.440. The van der Waals surface area contributed by atoms with Crippen LogP contribution in [-0.4, -0.2) is 0 Å². The topological polar surface area (TPSA) is 0 Å². The molecule has 0 atom stereocenters. The van der Waals surface area contributed by atoms with E-state index in [0.717, 1.165) is 12.8 Å². The Morgan fingerprint density at radius 3 is 1.72 bits per heavy atom. The zero-order valence-corrected chi connectivity index (χ0v) is 12.8. The molecule has 0 rings (SSSR count). The number of rotatable bonds is 12. The molecular weight excluding hydrogens is 216 g/mol. The molecule has 0 aromatic carbocycles. The summed E-state index contributed by atoms with van der Waals surface area (Å²) in [6.45, 7) is 4.38. The molecule has 0 heterocycles. The van der Waals surface area contributed by atoms with Crippen LogP contribution in [0, 0.1) is 18.3 Å². The van der Waals surface area contributed by atoms with E-state index in [2.05, 4.69) is 32.1 Å². The first-order chi connectivity index (χ1) is 8.91. The number of hydrogen-bond acceptors (Lipinski definition) is 0. The molecule has 0 saturated heterocycles. The van der Waals surface area contributed by atoms with Crippen molar-refractivity contribution >= 4 is 0 Å². The predicted octanol–water partition coefficient (Wildman–Crippen LogP) is 6.31. The van der Waals surface area contributed by atoms with Gasteiger partial charge in [0.2, 0.25) is 0 Å². The molecule has 0 aromatic heterocycles. The van der Waals surface area contributed by atoms with Crippen molar-refractivity contribution in [1.82, 2.24) is 0 Å². The summed E-state index contributed by atoms with van der Waals surface area (Å²) in [5.41, 5.74) is 0. The molecule has 0 aliphatic rings. The first kappa shape index (κ1) is 17.6. The third kappa shape index (κ3) is 15.6. The Kier molecular flexibility index (Phi) is 16.2. The van der Waals surface area contributed by atoms with Gasteiger partial charge in [-0.05, 0) is 19.3 Å². The lowest BCUT2D eigenvalue weighted by Crippen LogP contribution is -1.81. The van der Waals surface area contributed by atoms with Crippen LogP contribution in [0.25, 0.3) is 0 Å². The smallest absolute Gasteiger partial charge is 0.00886 e. The first-order valence-electron chi connectivity index (χ1n) is 8.15. The maximum Gasteiger partial charge on any atom is 0.00886 e. The molecule has 0 saturated carbocycles.